The largest absolute Gasteiger partial charge is 0.486 e. The number of rotatable bonds is 5. The van der Waals surface area contributed by atoms with E-state index in [1.165, 1.54) is 0 Å². The van der Waals surface area contributed by atoms with Gasteiger partial charge in [-0.25, -0.2) is 4.98 Å². The second-order valence-electron chi connectivity index (χ2n) is 6.06. The number of ether oxygens (including phenoxy) is 2. The fourth-order valence-corrected chi connectivity index (χ4v) is 3.28. The Hall–Kier alpha value is -1.89. The molecule has 0 bridgehead atoms. The summed E-state index contributed by atoms with van der Waals surface area (Å²) < 4.78 is 14.7. The number of hydrogen-bond donors (Lipinski definition) is 0. The molecule has 3 aromatic rings. The van der Waals surface area contributed by atoms with Crippen LogP contribution in [0.25, 0.3) is 11.0 Å². The Kier molecular flexibility index (Phi) is 5.01. The van der Waals surface area contributed by atoms with Gasteiger partial charge in [0.25, 0.3) is 0 Å². The Morgan fingerprint density at radius 2 is 1.80 bits per heavy atom. The molecule has 5 nitrogen and oxygen atoms in total. The molecule has 1 aliphatic rings. The molecule has 0 aliphatic carbocycles. The van der Waals surface area contributed by atoms with Crippen LogP contribution in [0, 0.1) is 0 Å². The molecule has 2 heterocycles. The van der Waals surface area contributed by atoms with Crippen LogP contribution in [-0.2, 0) is 18.0 Å². The molecule has 1 fully saturated rings. The zero-order valence-corrected chi connectivity index (χ0v) is 15.5. The molecule has 0 radical (unpaired) electrons. The van der Waals surface area contributed by atoms with E-state index in [9.17, 15) is 0 Å². The van der Waals surface area contributed by atoms with Crippen molar-refractivity contribution in [1.29, 1.82) is 0 Å². The summed E-state index contributed by atoms with van der Waals surface area (Å²) in [6.45, 7) is 4.72. The lowest BCUT2D eigenvalue weighted by Crippen LogP contribution is -2.37. The second-order valence-corrected chi connectivity index (χ2v) is 6.97. The van der Waals surface area contributed by atoms with E-state index >= 15 is 0 Å². The molecule has 25 heavy (non-hydrogen) atoms. The van der Waals surface area contributed by atoms with Crippen LogP contribution in [0.1, 0.15) is 5.82 Å². The molecule has 1 saturated heterocycles. The molecule has 0 spiro atoms. The van der Waals surface area contributed by atoms with Crippen molar-refractivity contribution in [2.24, 2.45) is 0 Å². The topological polar surface area (TPSA) is 39.5 Å². The van der Waals surface area contributed by atoms with E-state index < -0.39 is 0 Å². The molecular weight excluding hydrogens is 382 g/mol. The molecule has 0 N–H and O–H groups in total. The number of nitrogens with zero attached hydrogens (tertiary/aromatic N) is 3. The van der Waals surface area contributed by atoms with Crippen LogP contribution < -0.4 is 4.74 Å². The van der Waals surface area contributed by atoms with Crippen LogP contribution in [0.5, 0.6) is 5.75 Å². The van der Waals surface area contributed by atoms with Crippen molar-refractivity contribution < 1.29 is 9.47 Å². The first kappa shape index (κ1) is 16.6. The first-order valence-electron chi connectivity index (χ1n) is 8.42. The average molecular weight is 402 g/mol. The van der Waals surface area contributed by atoms with Crippen molar-refractivity contribution in [1.82, 2.24) is 14.5 Å². The summed E-state index contributed by atoms with van der Waals surface area (Å²) in [5.74, 6) is 1.78. The highest BCUT2D eigenvalue weighted by Gasteiger charge is 2.16. The number of para-hydroxylation sites is 2. The zero-order valence-electron chi connectivity index (χ0n) is 13.9. The van der Waals surface area contributed by atoms with Crippen molar-refractivity contribution in [2.45, 2.75) is 13.3 Å². The molecule has 130 valence electrons. The number of halogens is 1. The van der Waals surface area contributed by atoms with E-state index in [0.29, 0.717) is 6.61 Å². The lowest BCUT2D eigenvalue weighted by atomic mass is 10.3. The third kappa shape index (κ3) is 3.86. The van der Waals surface area contributed by atoms with E-state index in [0.717, 1.165) is 60.1 Å². The predicted octanol–water partition coefficient (Wildman–Crippen LogP) is 3.67. The second kappa shape index (κ2) is 7.56. The van der Waals surface area contributed by atoms with Gasteiger partial charge in [-0.2, -0.15) is 0 Å². The first-order valence-corrected chi connectivity index (χ1v) is 9.21. The molecule has 6 heteroatoms. The standard InChI is InChI=1S/C19H20BrN3O2/c20-15-5-7-16(8-6-15)25-13-19-21-17-3-1-2-4-18(17)23(19)14-22-9-11-24-12-10-22/h1-8H,9-14H2. The Morgan fingerprint density at radius 3 is 2.60 bits per heavy atom. The lowest BCUT2D eigenvalue weighted by Gasteiger charge is -2.27. The van der Waals surface area contributed by atoms with Gasteiger partial charge >= 0.3 is 0 Å². The van der Waals surface area contributed by atoms with E-state index in [4.69, 9.17) is 14.5 Å². The Labute approximate surface area is 155 Å². The van der Waals surface area contributed by atoms with Gasteiger partial charge in [0, 0.05) is 17.6 Å². The Balaban J connectivity index is 1.58. The van der Waals surface area contributed by atoms with Crippen LogP contribution in [0.3, 0.4) is 0 Å². The molecule has 0 atom stereocenters. The number of hydrogen-bond acceptors (Lipinski definition) is 4. The quantitative estimate of drug-likeness (QED) is 0.653. The van der Waals surface area contributed by atoms with Crippen molar-refractivity contribution in [3.63, 3.8) is 0 Å². The monoisotopic (exact) mass is 401 g/mol. The van der Waals surface area contributed by atoms with Crippen molar-refractivity contribution in [2.75, 3.05) is 26.3 Å². The number of imidazole rings is 1. The molecule has 0 amide bonds. The number of morpholine rings is 1. The number of benzene rings is 2. The normalized spacial score (nSPS) is 15.6. The van der Waals surface area contributed by atoms with Crippen LogP contribution in [0.4, 0.5) is 0 Å². The highest BCUT2D eigenvalue weighted by Crippen LogP contribution is 2.20. The van der Waals surface area contributed by atoms with Gasteiger partial charge < -0.3 is 14.0 Å². The van der Waals surface area contributed by atoms with Gasteiger partial charge in [0.05, 0.1) is 30.9 Å². The third-order valence-electron chi connectivity index (χ3n) is 4.36. The van der Waals surface area contributed by atoms with E-state index in [2.05, 4.69) is 37.5 Å². The maximum absolute atomic E-state index is 5.96. The van der Waals surface area contributed by atoms with Gasteiger partial charge in [-0.05, 0) is 36.4 Å². The van der Waals surface area contributed by atoms with E-state index in [1.54, 1.807) is 0 Å². The summed E-state index contributed by atoms with van der Waals surface area (Å²) in [6, 6.07) is 16.1. The summed E-state index contributed by atoms with van der Waals surface area (Å²) in [7, 11) is 0. The van der Waals surface area contributed by atoms with Gasteiger partial charge in [0.2, 0.25) is 0 Å². The van der Waals surface area contributed by atoms with Gasteiger partial charge in [-0.3, -0.25) is 4.90 Å². The summed E-state index contributed by atoms with van der Waals surface area (Å²) in [4.78, 5) is 7.17. The zero-order chi connectivity index (χ0) is 17.1. The minimum absolute atomic E-state index is 0.445. The van der Waals surface area contributed by atoms with Crippen LogP contribution in [-0.4, -0.2) is 40.8 Å². The SMILES string of the molecule is Brc1ccc(OCc2nc3ccccc3n2CN2CCOCC2)cc1. The molecule has 1 aliphatic heterocycles. The molecule has 4 rings (SSSR count). The fourth-order valence-electron chi connectivity index (χ4n) is 3.01. The molecule has 2 aromatic carbocycles. The van der Waals surface area contributed by atoms with E-state index in [1.807, 2.05) is 36.4 Å². The highest BCUT2D eigenvalue weighted by atomic mass is 79.9. The van der Waals surface area contributed by atoms with Crippen molar-refractivity contribution in [3.8, 4) is 5.75 Å². The molecular formula is C19H20BrN3O2. The summed E-state index contributed by atoms with van der Waals surface area (Å²) in [5, 5.41) is 0. The third-order valence-corrected chi connectivity index (χ3v) is 4.89. The van der Waals surface area contributed by atoms with Gasteiger partial charge in [0.15, 0.2) is 0 Å². The van der Waals surface area contributed by atoms with Gasteiger partial charge in [-0.15, -0.1) is 0 Å². The van der Waals surface area contributed by atoms with Crippen molar-refractivity contribution >= 4 is 27.0 Å². The molecule has 1 aromatic heterocycles. The highest BCUT2D eigenvalue weighted by molar-refractivity contribution is 9.10. The van der Waals surface area contributed by atoms with Crippen molar-refractivity contribution in [3.05, 3.63) is 58.8 Å². The minimum atomic E-state index is 0.445. The van der Waals surface area contributed by atoms with Gasteiger partial charge in [0.1, 0.15) is 18.2 Å². The predicted molar refractivity (Wildman–Crippen MR) is 101 cm³/mol. The summed E-state index contributed by atoms with van der Waals surface area (Å²) >= 11 is 3.44. The average Bonchev–Trinajstić information content (AvgIpc) is 3.00. The number of aromatic nitrogens is 2. The maximum Gasteiger partial charge on any atom is 0.149 e. The first-order chi connectivity index (χ1) is 12.3. The van der Waals surface area contributed by atoms with Crippen LogP contribution >= 0.6 is 15.9 Å². The minimum Gasteiger partial charge on any atom is -0.486 e. The van der Waals surface area contributed by atoms with E-state index in [-0.39, 0.29) is 0 Å². The van der Waals surface area contributed by atoms with Crippen LogP contribution in [0.2, 0.25) is 0 Å². The Bertz CT molecular complexity index is 842. The van der Waals surface area contributed by atoms with Crippen LogP contribution in [0.15, 0.2) is 53.0 Å². The maximum atomic E-state index is 5.96. The number of fused-ring (bicyclic) bond motifs is 1. The summed E-state index contributed by atoms with van der Waals surface area (Å²) in [6.07, 6.45) is 0. The fraction of sp³-hybridized carbons (Fsp3) is 0.316. The molecule has 0 saturated carbocycles. The lowest BCUT2D eigenvalue weighted by molar-refractivity contribution is 0.0232. The smallest absolute Gasteiger partial charge is 0.149 e. The molecule has 0 unspecified atom stereocenters. The summed E-state index contributed by atoms with van der Waals surface area (Å²) in [5.41, 5.74) is 2.15. The Morgan fingerprint density at radius 1 is 1.04 bits per heavy atom. The van der Waals surface area contributed by atoms with Gasteiger partial charge in [-0.1, -0.05) is 28.1 Å².